The highest BCUT2D eigenvalue weighted by Crippen LogP contribution is 2.25. The molecule has 0 aliphatic carbocycles. The highest BCUT2D eigenvalue weighted by atomic mass is 79.9. The Hall–Kier alpha value is -1.70. The maximum absolute atomic E-state index is 12.8. The molecule has 5 nitrogen and oxygen atoms in total. The normalized spacial score (nSPS) is 12.8. The first kappa shape index (κ1) is 19.3. The fourth-order valence-electron chi connectivity index (χ4n) is 1.80. The molecule has 1 aromatic carbocycles. The van der Waals surface area contributed by atoms with Crippen molar-refractivity contribution in [3.63, 3.8) is 0 Å². The number of rotatable bonds is 5. The third-order valence-corrected chi connectivity index (χ3v) is 3.12. The average molecular weight is 394 g/mol. The van der Waals surface area contributed by atoms with Crippen molar-refractivity contribution in [3.05, 3.63) is 33.8 Å². The molecule has 1 amide bonds. The van der Waals surface area contributed by atoms with Gasteiger partial charge in [-0.05, 0) is 44.5 Å². The number of ether oxygens (including phenoxy) is 1. The van der Waals surface area contributed by atoms with Crippen LogP contribution in [0.2, 0.25) is 0 Å². The van der Waals surface area contributed by atoms with Crippen LogP contribution in [0.5, 0.6) is 0 Å². The van der Waals surface area contributed by atoms with Gasteiger partial charge < -0.3 is 15.2 Å². The van der Waals surface area contributed by atoms with Crippen LogP contribution in [-0.4, -0.2) is 28.8 Å². The Kier molecular flexibility index (Phi) is 6.49. The standard InChI is InChI=1S/C15H18BrF2NO4/c1-15(2,3)23-14(22)19-11(13(20)21)6-8-4-9(12(17)18)7-10(16)5-8/h4-5,7,11-12H,6H2,1-3H3,(H,19,22)(H,20,21). The van der Waals surface area contributed by atoms with Crippen LogP contribution in [0.4, 0.5) is 13.6 Å². The number of halogens is 3. The Morgan fingerprint density at radius 3 is 2.39 bits per heavy atom. The lowest BCUT2D eigenvalue weighted by Crippen LogP contribution is -2.44. The van der Waals surface area contributed by atoms with E-state index in [0.717, 1.165) is 0 Å². The average Bonchev–Trinajstić information content (AvgIpc) is 2.34. The lowest BCUT2D eigenvalue weighted by Gasteiger charge is -2.22. The minimum Gasteiger partial charge on any atom is -0.480 e. The molecule has 128 valence electrons. The van der Waals surface area contributed by atoms with Crippen molar-refractivity contribution in [2.45, 2.75) is 45.3 Å². The Balaban J connectivity index is 2.88. The monoisotopic (exact) mass is 393 g/mol. The van der Waals surface area contributed by atoms with Gasteiger partial charge in [0, 0.05) is 16.5 Å². The Labute approximate surface area is 141 Å². The van der Waals surface area contributed by atoms with Gasteiger partial charge in [0.2, 0.25) is 0 Å². The summed E-state index contributed by atoms with van der Waals surface area (Å²) in [6.07, 6.45) is -3.70. The van der Waals surface area contributed by atoms with Crippen LogP contribution in [0.15, 0.2) is 22.7 Å². The zero-order valence-corrected chi connectivity index (χ0v) is 14.5. The third kappa shape index (κ3) is 6.94. The molecule has 0 radical (unpaired) electrons. The molecule has 0 aliphatic heterocycles. The van der Waals surface area contributed by atoms with Gasteiger partial charge in [-0.2, -0.15) is 0 Å². The molecule has 1 aromatic rings. The van der Waals surface area contributed by atoms with E-state index in [1.807, 2.05) is 0 Å². The van der Waals surface area contributed by atoms with Crippen LogP contribution in [-0.2, 0) is 16.0 Å². The van der Waals surface area contributed by atoms with Crippen molar-refractivity contribution in [2.24, 2.45) is 0 Å². The number of alkyl halides is 2. The molecule has 8 heteroatoms. The van der Waals surface area contributed by atoms with E-state index in [1.165, 1.54) is 18.2 Å². The minimum absolute atomic E-state index is 0.145. The molecule has 0 aliphatic rings. The number of nitrogens with one attached hydrogen (secondary N) is 1. The summed E-state index contributed by atoms with van der Waals surface area (Å²) in [5.74, 6) is -1.28. The second-order valence-corrected chi connectivity index (χ2v) is 6.85. The maximum atomic E-state index is 12.8. The predicted octanol–water partition coefficient (Wildman–Crippen LogP) is 3.91. The molecule has 0 aromatic heterocycles. The Morgan fingerprint density at radius 2 is 1.91 bits per heavy atom. The van der Waals surface area contributed by atoms with Gasteiger partial charge in [-0.15, -0.1) is 0 Å². The quantitative estimate of drug-likeness (QED) is 0.794. The van der Waals surface area contributed by atoms with Crippen LogP contribution >= 0.6 is 15.9 Å². The van der Waals surface area contributed by atoms with Gasteiger partial charge in [0.05, 0.1) is 0 Å². The number of alkyl carbamates (subject to hydrolysis) is 1. The zero-order valence-electron chi connectivity index (χ0n) is 12.9. The summed E-state index contributed by atoms with van der Waals surface area (Å²) in [6, 6.07) is 2.70. The zero-order chi connectivity index (χ0) is 17.8. The number of carbonyl (C=O) groups excluding carboxylic acids is 1. The smallest absolute Gasteiger partial charge is 0.408 e. The van der Waals surface area contributed by atoms with Crippen molar-refractivity contribution in [3.8, 4) is 0 Å². The van der Waals surface area contributed by atoms with Crippen LogP contribution < -0.4 is 5.32 Å². The number of amides is 1. The predicted molar refractivity (Wildman–Crippen MR) is 83.6 cm³/mol. The molecule has 1 rings (SSSR count). The van der Waals surface area contributed by atoms with Gasteiger partial charge in [0.1, 0.15) is 11.6 Å². The van der Waals surface area contributed by atoms with Crippen LogP contribution in [0.1, 0.15) is 38.3 Å². The topological polar surface area (TPSA) is 75.6 Å². The molecule has 1 atom stereocenters. The van der Waals surface area contributed by atoms with Crippen LogP contribution in [0.3, 0.4) is 0 Å². The van der Waals surface area contributed by atoms with Gasteiger partial charge in [-0.1, -0.05) is 15.9 Å². The minimum atomic E-state index is -2.67. The van der Waals surface area contributed by atoms with E-state index >= 15 is 0 Å². The highest BCUT2D eigenvalue weighted by Gasteiger charge is 2.24. The lowest BCUT2D eigenvalue weighted by molar-refractivity contribution is -0.139. The molecule has 23 heavy (non-hydrogen) atoms. The highest BCUT2D eigenvalue weighted by molar-refractivity contribution is 9.10. The van der Waals surface area contributed by atoms with E-state index in [0.29, 0.717) is 10.0 Å². The molecule has 0 fully saturated rings. The Bertz CT molecular complexity index is 587. The van der Waals surface area contributed by atoms with Crippen molar-refractivity contribution in [1.29, 1.82) is 0 Å². The molecule has 0 saturated heterocycles. The second kappa shape index (κ2) is 7.72. The SMILES string of the molecule is CC(C)(C)OC(=O)NC(Cc1cc(Br)cc(C(F)F)c1)C(=O)O. The molecular weight excluding hydrogens is 376 g/mol. The van der Waals surface area contributed by atoms with E-state index in [2.05, 4.69) is 21.2 Å². The fourth-order valence-corrected chi connectivity index (χ4v) is 2.36. The maximum Gasteiger partial charge on any atom is 0.408 e. The number of aliphatic carboxylic acids is 1. The molecule has 1 unspecified atom stereocenters. The molecule has 0 heterocycles. The van der Waals surface area contributed by atoms with Gasteiger partial charge in [0.25, 0.3) is 6.43 Å². The fraction of sp³-hybridized carbons (Fsp3) is 0.467. The van der Waals surface area contributed by atoms with E-state index < -0.39 is 30.1 Å². The van der Waals surface area contributed by atoms with E-state index in [1.54, 1.807) is 20.8 Å². The number of carboxylic acids is 1. The molecule has 0 saturated carbocycles. The molecular formula is C15H18BrF2NO4. The number of hydrogen-bond acceptors (Lipinski definition) is 3. The number of benzene rings is 1. The number of carbonyl (C=O) groups is 2. The van der Waals surface area contributed by atoms with E-state index in [9.17, 15) is 23.5 Å². The van der Waals surface area contributed by atoms with Crippen molar-refractivity contribution >= 4 is 28.0 Å². The summed E-state index contributed by atoms with van der Waals surface area (Å²) in [7, 11) is 0. The van der Waals surface area contributed by atoms with Crippen molar-refractivity contribution in [2.75, 3.05) is 0 Å². The Morgan fingerprint density at radius 1 is 1.30 bits per heavy atom. The first-order chi connectivity index (χ1) is 10.5. The first-order valence-electron chi connectivity index (χ1n) is 6.78. The number of carboxylic acid groups (broad SMARTS) is 1. The third-order valence-electron chi connectivity index (χ3n) is 2.66. The largest absolute Gasteiger partial charge is 0.480 e. The van der Waals surface area contributed by atoms with Crippen LogP contribution in [0.25, 0.3) is 0 Å². The lowest BCUT2D eigenvalue weighted by atomic mass is 10.0. The van der Waals surface area contributed by atoms with Crippen LogP contribution in [0, 0.1) is 0 Å². The van der Waals surface area contributed by atoms with Gasteiger partial charge in [-0.3, -0.25) is 0 Å². The summed E-state index contributed by atoms with van der Waals surface area (Å²) in [5, 5.41) is 11.4. The molecule has 0 bridgehead atoms. The van der Waals surface area contributed by atoms with E-state index in [4.69, 9.17) is 4.74 Å². The van der Waals surface area contributed by atoms with Gasteiger partial charge in [0.15, 0.2) is 0 Å². The number of hydrogen-bond donors (Lipinski definition) is 2. The van der Waals surface area contributed by atoms with Crippen molar-refractivity contribution in [1.82, 2.24) is 5.32 Å². The molecule has 0 spiro atoms. The first-order valence-corrected chi connectivity index (χ1v) is 7.57. The summed E-state index contributed by atoms with van der Waals surface area (Å²) in [6.45, 7) is 4.93. The summed E-state index contributed by atoms with van der Waals surface area (Å²) >= 11 is 3.11. The second-order valence-electron chi connectivity index (χ2n) is 5.93. The summed E-state index contributed by atoms with van der Waals surface area (Å²) < 4.78 is 31.0. The van der Waals surface area contributed by atoms with E-state index in [-0.39, 0.29) is 12.0 Å². The summed E-state index contributed by atoms with van der Waals surface area (Å²) in [4.78, 5) is 23.0. The van der Waals surface area contributed by atoms with Gasteiger partial charge >= 0.3 is 12.1 Å². The molecule has 2 N–H and O–H groups in total. The van der Waals surface area contributed by atoms with Crippen molar-refractivity contribution < 1.29 is 28.2 Å². The summed E-state index contributed by atoms with van der Waals surface area (Å²) in [5.41, 5.74) is -0.639. The van der Waals surface area contributed by atoms with Gasteiger partial charge in [-0.25, -0.2) is 18.4 Å².